The average Bonchev–Trinajstić information content (AvgIpc) is 3.18. The molecule has 0 aliphatic carbocycles. The van der Waals surface area contributed by atoms with E-state index in [0.717, 1.165) is 51.4 Å². The van der Waals surface area contributed by atoms with E-state index in [0.29, 0.717) is 6.42 Å². The third-order valence-corrected chi connectivity index (χ3v) is 11.0. The van der Waals surface area contributed by atoms with Crippen molar-refractivity contribution < 1.29 is 56.8 Å². The molecule has 0 radical (unpaired) electrons. The lowest BCUT2D eigenvalue weighted by Gasteiger charge is -2.40. The molecule has 13 heteroatoms. The smallest absolute Gasteiger partial charge is 0.330 e. The van der Waals surface area contributed by atoms with Gasteiger partial charge in [-0.1, -0.05) is 160 Å². The summed E-state index contributed by atoms with van der Waals surface area (Å²) in [6, 6.07) is 0. The topological polar surface area (TPSA) is 186 Å². The largest absolute Gasteiger partial charge is 0.458 e. The van der Waals surface area contributed by atoms with Crippen LogP contribution in [0.25, 0.3) is 0 Å². The van der Waals surface area contributed by atoms with E-state index in [1.165, 1.54) is 109 Å². The Labute approximate surface area is 351 Å². The summed E-state index contributed by atoms with van der Waals surface area (Å²) in [6.45, 7) is 3.64. The second-order valence-electron chi connectivity index (χ2n) is 15.8. The van der Waals surface area contributed by atoms with Crippen LogP contribution in [0.3, 0.4) is 0 Å². The first-order valence-electron chi connectivity index (χ1n) is 22.6. The van der Waals surface area contributed by atoms with Crippen molar-refractivity contribution in [3.8, 4) is 0 Å². The highest BCUT2D eigenvalue weighted by Crippen LogP contribution is 2.24. The Morgan fingerprint density at radius 1 is 0.621 bits per heavy atom. The summed E-state index contributed by atoms with van der Waals surface area (Å²) < 4.78 is 53.8. The minimum atomic E-state index is -4.61. The first kappa shape index (κ1) is 53.9. The van der Waals surface area contributed by atoms with Crippen LogP contribution in [-0.4, -0.2) is 96.0 Å². The molecule has 1 aliphatic rings. The Morgan fingerprint density at radius 3 is 1.62 bits per heavy atom. The molecule has 12 nitrogen and oxygen atoms in total. The summed E-state index contributed by atoms with van der Waals surface area (Å²) >= 11 is 0. The number of hydrogen-bond acceptors (Lipinski definition) is 11. The molecule has 2 unspecified atom stereocenters. The fourth-order valence-corrected chi connectivity index (χ4v) is 7.45. The maximum atomic E-state index is 12.8. The van der Waals surface area contributed by atoms with Gasteiger partial charge in [0.05, 0.1) is 6.61 Å². The summed E-state index contributed by atoms with van der Waals surface area (Å²) in [7, 11) is -4.61. The number of aliphatic hydroxyl groups is 3. The van der Waals surface area contributed by atoms with Crippen LogP contribution < -0.4 is 0 Å². The van der Waals surface area contributed by atoms with Gasteiger partial charge in [-0.2, -0.15) is 8.42 Å². The second-order valence-corrected chi connectivity index (χ2v) is 17.3. The van der Waals surface area contributed by atoms with E-state index in [2.05, 4.69) is 26.0 Å². The molecule has 0 aromatic heterocycles. The maximum absolute atomic E-state index is 12.8. The van der Waals surface area contributed by atoms with Gasteiger partial charge in [-0.25, -0.2) is 4.79 Å². The van der Waals surface area contributed by atoms with Crippen LogP contribution in [0.15, 0.2) is 36.5 Å². The van der Waals surface area contributed by atoms with Gasteiger partial charge in [-0.15, -0.1) is 0 Å². The Balaban J connectivity index is 2.51. The van der Waals surface area contributed by atoms with Crippen molar-refractivity contribution in [1.82, 2.24) is 0 Å². The highest BCUT2D eigenvalue weighted by atomic mass is 32.2. The Morgan fingerprint density at radius 2 is 1.10 bits per heavy atom. The van der Waals surface area contributed by atoms with Crippen molar-refractivity contribution in [1.29, 1.82) is 0 Å². The quantitative estimate of drug-likeness (QED) is 0.0116. The first-order chi connectivity index (χ1) is 28.0. The number of esters is 2. The van der Waals surface area contributed by atoms with Gasteiger partial charge in [-0.05, 0) is 44.9 Å². The number of carbonyl (C=O) groups excluding carboxylic acids is 2. The predicted octanol–water partition coefficient (Wildman–Crippen LogP) is 9.00. The number of aliphatic hydroxyl groups excluding tert-OH is 3. The van der Waals surface area contributed by atoms with Crippen molar-refractivity contribution in [2.45, 2.75) is 218 Å². The zero-order chi connectivity index (χ0) is 42.7. The van der Waals surface area contributed by atoms with Crippen LogP contribution in [-0.2, 0) is 38.7 Å². The predicted molar refractivity (Wildman–Crippen MR) is 229 cm³/mol. The molecule has 1 aliphatic heterocycles. The van der Waals surface area contributed by atoms with Crippen molar-refractivity contribution in [3.63, 3.8) is 0 Å². The molecule has 58 heavy (non-hydrogen) atoms. The van der Waals surface area contributed by atoms with Gasteiger partial charge in [0.25, 0.3) is 10.1 Å². The molecule has 1 heterocycles. The van der Waals surface area contributed by atoms with Gasteiger partial charge in [0.15, 0.2) is 12.4 Å². The maximum Gasteiger partial charge on any atom is 0.330 e. The molecule has 0 spiro atoms. The van der Waals surface area contributed by atoms with Gasteiger partial charge in [0.2, 0.25) is 0 Å². The number of allylic oxidation sites excluding steroid dienone is 5. The Kier molecular flexibility index (Phi) is 33.1. The van der Waals surface area contributed by atoms with Crippen molar-refractivity contribution in [2.24, 2.45) is 0 Å². The summed E-state index contributed by atoms with van der Waals surface area (Å²) in [5.41, 5.74) is 0. The highest BCUT2D eigenvalue weighted by molar-refractivity contribution is 7.85. The molecule has 4 N–H and O–H groups in total. The minimum absolute atomic E-state index is 0.135. The van der Waals surface area contributed by atoms with Gasteiger partial charge >= 0.3 is 11.9 Å². The van der Waals surface area contributed by atoms with Crippen molar-refractivity contribution >= 4 is 22.1 Å². The fraction of sp³-hybridized carbons (Fsp3) is 0.822. The van der Waals surface area contributed by atoms with Crippen LogP contribution >= 0.6 is 0 Å². The normalized spacial score (nSPS) is 20.7. The van der Waals surface area contributed by atoms with Gasteiger partial charge in [0, 0.05) is 12.5 Å². The SMILES string of the molecule is CCCCCCCC/C=C/CCCCCCCC(=O)O[C@H](COC(=O)/C=C/C=C/CCCCCCCCCCCCC)CO[C@H]1O[C@H](CS(=O)(=O)O)[C@@H](O)C(O)C1O. The van der Waals surface area contributed by atoms with Crippen LogP contribution in [0.4, 0.5) is 0 Å². The van der Waals surface area contributed by atoms with E-state index >= 15 is 0 Å². The molecule has 6 atom stereocenters. The van der Waals surface area contributed by atoms with Crippen LogP contribution in [0.2, 0.25) is 0 Å². The lowest BCUT2D eigenvalue weighted by Crippen LogP contribution is -2.60. The second kappa shape index (κ2) is 35.6. The minimum Gasteiger partial charge on any atom is -0.458 e. The Hall–Kier alpha value is -2.13. The lowest BCUT2D eigenvalue weighted by molar-refractivity contribution is -0.297. The lowest BCUT2D eigenvalue weighted by atomic mass is 10.00. The first-order valence-corrected chi connectivity index (χ1v) is 24.2. The van der Waals surface area contributed by atoms with Crippen LogP contribution in [0.1, 0.15) is 181 Å². The third kappa shape index (κ3) is 30.0. The van der Waals surface area contributed by atoms with Gasteiger partial charge in [-0.3, -0.25) is 9.35 Å². The number of carbonyl (C=O) groups is 2. The molecule has 1 fully saturated rings. The average molecular weight is 845 g/mol. The number of hydrogen-bond donors (Lipinski definition) is 4. The zero-order valence-electron chi connectivity index (χ0n) is 35.9. The van der Waals surface area contributed by atoms with E-state index in [4.69, 9.17) is 18.9 Å². The summed E-state index contributed by atoms with van der Waals surface area (Å²) in [5.74, 6) is -2.25. The van der Waals surface area contributed by atoms with E-state index < -0.39 is 71.2 Å². The molecule has 1 saturated heterocycles. The van der Waals surface area contributed by atoms with Crippen molar-refractivity contribution in [2.75, 3.05) is 19.0 Å². The monoisotopic (exact) mass is 845 g/mol. The molecule has 1 rings (SSSR count). The molecular weight excluding hydrogens is 765 g/mol. The molecule has 0 bridgehead atoms. The van der Waals surface area contributed by atoms with Crippen molar-refractivity contribution in [3.05, 3.63) is 36.5 Å². The molecule has 0 amide bonds. The van der Waals surface area contributed by atoms with E-state index in [1.54, 1.807) is 12.2 Å². The summed E-state index contributed by atoms with van der Waals surface area (Å²) in [4.78, 5) is 25.3. The van der Waals surface area contributed by atoms with E-state index in [1.807, 2.05) is 6.08 Å². The number of unbranched alkanes of at least 4 members (excludes halogenated alkanes) is 22. The van der Waals surface area contributed by atoms with Crippen LogP contribution in [0, 0.1) is 0 Å². The highest BCUT2D eigenvalue weighted by Gasteiger charge is 2.46. The number of ether oxygens (including phenoxy) is 4. The van der Waals surface area contributed by atoms with E-state index in [9.17, 15) is 37.9 Å². The third-order valence-electron chi connectivity index (χ3n) is 10.3. The van der Waals surface area contributed by atoms with Gasteiger partial charge < -0.3 is 34.3 Å². The fourth-order valence-electron chi connectivity index (χ4n) is 6.76. The summed E-state index contributed by atoms with van der Waals surface area (Å²) in [6.07, 6.45) is 31.1. The summed E-state index contributed by atoms with van der Waals surface area (Å²) in [5, 5.41) is 30.8. The van der Waals surface area contributed by atoms with Crippen LogP contribution in [0.5, 0.6) is 0 Å². The number of rotatable bonds is 37. The Bertz CT molecular complexity index is 1220. The molecule has 0 aromatic carbocycles. The zero-order valence-corrected chi connectivity index (χ0v) is 36.7. The molecular formula is C45H80O12S. The standard InChI is InChI=1S/C45H80O12S/c1-3-5-7-9-11-13-15-17-19-21-23-25-27-29-31-33-40(46)54-35-38(36-55-45-44(50)43(49)42(48)39(57-45)37-58(51,52)53)56-41(47)34-32-30-28-26-24-22-20-18-16-14-12-10-8-6-4-2/h18,20,27,29,31,33,38-39,42-45,48-50H,3-17,19,21-26,28,30,32,34-37H2,1-2H3,(H,51,52,53)/b20-18+,29-27+,33-31+/t38-,39-,42-,43?,44?,45+/m1/s1. The molecule has 0 saturated carbocycles. The van der Waals surface area contributed by atoms with Gasteiger partial charge in [0.1, 0.15) is 36.8 Å². The van der Waals surface area contributed by atoms with E-state index in [-0.39, 0.29) is 13.0 Å². The molecule has 338 valence electrons. The molecule has 0 aromatic rings.